The molecular weight excluding hydrogens is 306 g/mol. The van der Waals surface area contributed by atoms with Gasteiger partial charge in [-0.25, -0.2) is 9.69 Å². The van der Waals surface area contributed by atoms with E-state index in [-0.39, 0.29) is 22.8 Å². The van der Waals surface area contributed by atoms with Crippen LogP contribution in [-0.4, -0.2) is 23.4 Å². The first-order chi connectivity index (χ1) is 10.3. The Hall–Kier alpha value is -2.08. The summed E-state index contributed by atoms with van der Waals surface area (Å²) >= 11 is 6.19. The molecule has 1 aromatic carbocycles. The number of amides is 4. The highest BCUT2D eigenvalue weighted by molar-refractivity contribution is 6.36. The van der Waals surface area contributed by atoms with Crippen molar-refractivity contribution in [1.29, 1.82) is 0 Å². The SMILES string of the molecule is CC1(C)NC(=O)N(c2ccc(NC(=O)C3CC3)cc2Cl)C1=O. The van der Waals surface area contributed by atoms with E-state index >= 15 is 0 Å². The number of carbonyl (C=O) groups excluding carboxylic acids is 3. The molecule has 1 aliphatic heterocycles. The molecule has 0 aromatic heterocycles. The van der Waals surface area contributed by atoms with Gasteiger partial charge in [-0.2, -0.15) is 0 Å². The van der Waals surface area contributed by atoms with Crippen LogP contribution in [0.15, 0.2) is 18.2 Å². The third-order valence-electron chi connectivity index (χ3n) is 3.76. The Morgan fingerprint density at radius 1 is 1.36 bits per heavy atom. The van der Waals surface area contributed by atoms with Crippen LogP contribution in [0.1, 0.15) is 26.7 Å². The molecule has 22 heavy (non-hydrogen) atoms. The molecule has 4 amide bonds. The number of halogens is 1. The fraction of sp³-hybridized carbons (Fsp3) is 0.400. The summed E-state index contributed by atoms with van der Waals surface area (Å²) in [6, 6.07) is 4.23. The predicted molar refractivity (Wildman–Crippen MR) is 82.9 cm³/mol. The van der Waals surface area contributed by atoms with E-state index in [2.05, 4.69) is 10.6 Å². The number of hydrogen-bond acceptors (Lipinski definition) is 3. The van der Waals surface area contributed by atoms with E-state index in [9.17, 15) is 14.4 Å². The molecule has 0 spiro atoms. The summed E-state index contributed by atoms with van der Waals surface area (Å²) in [6.45, 7) is 3.26. The van der Waals surface area contributed by atoms with Crippen LogP contribution in [-0.2, 0) is 9.59 Å². The van der Waals surface area contributed by atoms with Gasteiger partial charge in [0.25, 0.3) is 5.91 Å². The molecule has 1 saturated heterocycles. The second-order valence-electron chi connectivity index (χ2n) is 6.13. The average molecular weight is 322 g/mol. The number of carbonyl (C=O) groups is 3. The molecule has 1 saturated carbocycles. The van der Waals surface area contributed by atoms with Crippen molar-refractivity contribution >= 4 is 40.8 Å². The highest BCUT2D eigenvalue weighted by atomic mass is 35.5. The van der Waals surface area contributed by atoms with Crippen LogP contribution >= 0.6 is 11.6 Å². The van der Waals surface area contributed by atoms with Crippen LogP contribution in [0, 0.1) is 5.92 Å². The second-order valence-corrected chi connectivity index (χ2v) is 6.53. The molecule has 2 N–H and O–H groups in total. The number of urea groups is 1. The topological polar surface area (TPSA) is 78.5 Å². The van der Waals surface area contributed by atoms with Crippen molar-refractivity contribution in [2.75, 3.05) is 10.2 Å². The summed E-state index contributed by atoms with van der Waals surface area (Å²) in [7, 11) is 0. The molecule has 2 fully saturated rings. The Kier molecular flexibility index (Phi) is 3.36. The molecule has 3 rings (SSSR count). The van der Waals surface area contributed by atoms with Gasteiger partial charge in [0, 0.05) is 11.6 Å². The molecule has 1 aromatic rings. The molecule has 1 aliphatic carbocycles. The van der Waals surface area contributed by atoms with Crippen LogP contribution in [0.3, 0.4) is 0 Å². The van der Waals surface area contributed by atoms with E-state index in [4.69, 9.17) is 11.6 Å². The molecule has 116 valence electrons. The van der Waals surface area contributed by atoms with E-state index in [1.54, 1.807) is 32.0 Å². The molecular formula is C15H16ClN3O3. The quantitative estimate of drug-likeness (QED) is 0.840. The van der Waals surface area contributed by atoms with Gasteiger partial charge in [-0.05, 0) is 44.9 Å². The Bertz CT molecular complexity index is 683. The Labute approximate surface area is 132 Å². The van der Waals surface area contributed by atoms with Crippen LogP contribution in [0.5, 0.6) is 0 Å². The van der Waals surface area contributed by atoms with Gasteiger partial charge in [0.1, 0.15) is 5.54 Å². The second kappa shape index (κ2) is 4.98. The molecule has 0 radical (unpaired) electrons. The lowest BCUT2D eigenvalue weighted by Gasteiger charge is -2.17. The maximum absolute atomic E-state index is 12.3. The third-order valence-corrected chi connectivity index (χ3v) is 4.07. The van der Waals surface area contributed by atoms with Crippen LogP contribution in [0.25, 0.3) is 0 Å². The number of imide groups is 1. The van der Waals surface area contributed by atoms with Gasteiger partial charge in [-0.15, -0.1) is 0 Å². The van der Waals surface area contributed by atoms with Crippen molar-refractivity contribution in [3.63, 3.8) is 0 Å². The Morgan fingerprint density at radius 3 is 2.55 bits per heavy atom. The van der Waals surface area contributed by atoms with Gasteiger partial charge in [-0.3, -0.25) is 9.59 Å². The van der Waals surface area contributed by atoms with E-state index in [1.165, 1.54) is 0 Å². The zero-order valence-electron chi connectivity index (χ0n) is 12.3. The van der Waals surface area contributed by atoms with Crippen molar-refractivity contribution in [3.8, 4) is 0 Å². The number of hydrogen-bond donors (Lipinski definition) is 2. The third kappa shape index (κ3) is 2.54. The maximum atomic E-state index is 12.3. The first kappa shape index (κ1) is 14.8. The molecule has 0 atom stereocenters. The summed E-state index contributed by atoms with van der Waals surface area (Å²) in [5.74, 6) is -0.306. The highest BCUT2D eigenvalue weighted by Gasteiger charge is 2.45. The van der Waals surface area contributed by atoms with Crippen LogP contribution < -0.4 is 15.5 Å². The molecule has 1 heterocycles. The molecule has 7 heteroatoms. The molecule has 0 unspecified atom stereocenters. The minimum absolute atomic E-state index is 0.0278. The zero-order chi connectivity index (χ0) is 16.1. The van der Waals surface area contributed by atoms with Gasteiger partial charge in [0.15, 0.2) is 0 Å². The van der Waals surface area contributed by atoms with Crippen molar-refractivity contribution in [2.24, 2.45) is 5.92 Å². The number of nitrogens with one attached hydrogen (secondary N) is 2. The summed E-state index contributed by atoms with van der Waals surface area (Å²) in [4.78, 5) is 37.0. The van der Waals surface area contributed by atoms with Gasteiger partial charge < -0.3 is 10.6 Å². The van der Waals surface area contributed by atoms with E-state index in [0.717, 1.165) is 17.7 Å². The lowest BCUT2D eigenvalue weighted by atomic mass is 10.1. The van der Waals surface area contributed by atoms with Crippen molar-refractivity contribution in [3.05, 3.63) is 23.2 Å². The molecule has 0 bridgehead atoms. The molecule has 6 nitrogen and oxygen atoms in total. The first-order valence-electron chi connectivity index (χ1n) is 7.07. The van der Waals surface area contributed by atoms with E-state index in [0.29, 0.717) is 11.4 Å². The largest absolute Gasteiger partial charge is 0.329 e. The van der Waals surface area contributed by atoms with Gasteiger partial charge in [0.05, 0.1) is 10.7 Å². The predicted octanol–water partition coefficient (Wildman–Crippen LogP) is 2.52. The lowest BCUT2D eigenvalue weighted by molar-refractivity contribution is -0.121. The smallest absolute Gasteiger partial charge is 0.326 e. The average Bonchev–Trinajstić information content (AvgIpc) is 3.22. The summed E-state index contributed by atoms with van der Waals surface area (Å²) in [6.07, 6.45) is 1.82. The van der Waals surface area contributed by atoms with Crippen LogP contribution in [0.2, 0.25) is 5.02 Å². The Balaban J connectivity index is 1.84. The lowest BCUT2D eigenvalue weighted by Crippen LogP contribution is -2.40. The zero-order valence-corrected chi connectivity index (χ0v) is 13.0. The van der Waals surface area contributed by atoms with E-state index < -0.39 is 11.6 Å². The minimum Gasteiger partial charge on any atom is -0.326 e. The van der Waals surface area contributed by atoms with Gasteiger partial charge in [0.2, 0.25) is 5.91 Å². The number of rotatable bonds is 3. The first-order valence-corrected chi connectivity index (χ1v) is 7.44. The number of nitrogens with zero attached hydrogens (tertiary/aromatic N) is 1. The van der Waals surface area contributed by atoms with Crippen molar-refractivity contribution in [2.45, 2.75) is 32.2 Å². The van der Waals surface area contributed by atoms with Crippen molar-refractivity contribution < 1.29 is 14.4 Å². The highest BCUT2D eigenvalue weighted by Crippen LogP contribution is 2.34. The van der Waals surface area contributed by atoms with E-state index in [1.807, 2.05) is 0 Å². The normalized spacial score (nSPS) is 20.0. The monoisotopic (exact) mass is 321 g/mol. The molecule has 2 aliphatic rings. The summed E-state index contributed by atoms with van der Waals surface area (Å²) in [5.41, 5.74) is -0.102. The standard InChI is InChI=1S/C15H16ClN3O3/c1-15(2)13(21)19(14(22)18-15)11-6-5-9(7-10(11)16)17-12(20)8-3-4-8/h5-8H,3-4H2,1-2H3,(H,17,20)(H,18,22). The van der Waals surface area contributed by atoms with Gasteiger partial charge in [-0.1, -0.05) is 11.6 Å². The van der Waals surface area contributed by atoms with Crippen LogP contribution in [0.4, 0.5) is 16.2 Å². The minimum atomic E-state index is -0.959. The summed E-state index contributed by atoms with van der Waals surface area (Å²) < 4.78 is 0. The maximum Gasteiger partial charge on any atom is 0.329 e. The van der Waals surface area contributed by atoms with Crippen molar-refractivity contribution in [1.82, 2.24) is 5.32 Å². The fourth-order valence-corrected chi connectivity index (χ4v) is 2.59. The Morgan fingerprint density at radius 2 is 2.05 bits per heavy atom. The fourth-order valence-electron chi connectivity index (χ4n) is 2.32. The van der Waals surface area contributed by atoms with Gasteiger partial charge >= 0.3 is 6.03 Å². The number of benzene rings is 1. The summed E-state index contributed by atoms with van der Waals surface area (Å²) in [5, 5.41) is 5.60. The number of anilines is 2.